The Hall–Kier alpha value is -3.08. The van der Waals surface area contributed by atoms with E-state index in [2.05, 4.69) is 21.2 Å². The molecule has 1 aliphatic rings. The molecule has 0 radical (unpaired) electrons. The highest BCUT2D eigenvalue weighted by atomic mass is 79.9. The highest BCUT2D eigenvalue weighted by Gasteiger charge is 2.33. The molecule has 1 fully saturated rings. The van der Waals surface area contributed by atoms with Crippen LogP contribution in [0.4, 0.5) is 5.69 Å². The molecule has 3 aromatic rings. The van der Waals surface area contributed by atoms with Crippen LogP contribution in [0.3, 0.4) is 0 Å². The van der Waals surface area contributed by atoms with Gasteiger partial charge in [-0.2, -0.15) is 0 Å². The first-order chi connectivity index (χ1) is 20.1. The van der Waals surface area contributed by atoms with Crippen LogP contribution in [0, 0.1) is 0 Å². The number of carbonyl (C=O) groups is 2. The quantitative estimate of drug-likeness (QED) is 0.248. The van der Waals surface area contributed by atoms with Crippen LogP contribution in [0.1, 0.15) is 45.1 Å². The fraction of sp³-hybridized carbons (Fsp3) is 0.355. The molecule has 4 rings (SSSR count). The van der Waals surface area contributed by atoms with Crippen molar-refractivity contribution < 1.29 is 22.7 Å². The van der Waals surface area contributed by atoms with Crippen LogP contribution in [0.15, 0.2) is 82.2 Å². The SMILES string of the molecule is CCOc1ccc(N(CC(=O)N(Cc2cccc(Cl)c2)[C@H](C)C(=O)NC2CCCC2)S(=O)(=O)c2ccc(Br)cc2)cc1. The summed E-state index contributed by atoms with van der Waals surface area (Å²) >= 11 is 9.56. The van der Waals surface area contributed by atoms with Gasteiger partial charge in [-0.1, -0.05) is 52.5 Å². The second kappa shape index (κ2) is 14.4. The number of anilines is 1. The van der Waals surface area contributed by atoms with Crippen LogP contribution in [-0.2, 0) is 26.2 Å². The second-order valence-electron chi connectivity index (χ2n) is 10.2. The molecule has 0 aromatic heterocycles. The summed E-state index contributed by atoms with van der Waals surface area (Å²) in [6, 6.07) is 19.0. The van der Waals surface area contributed by atoms with E-state index in [1.54, 1.807) is 61.5 Å². The van der Waals surface area contributed by atoms with Crippen molar-refractivity contribution in [2.75, 3.05) is 17.5 Å². The molecule has 224 valence electrons. The molecule has 42 heavy (non-hydrogen) atoms. The maximum absolute atomic E-state index is 14.1. The summed E-state index contributed by atoms with van der Waals surface area (Å²) in [5.74, 6) is -0.229. The molecular weight excluding hydrogens is 642 g/mol. The summed E-state index contributed by atoms with van der Waals surface area (Å²) in [6.07, 6.45) is 3.90. The van der Waals surface area contributed by atoms with Gasteiger partial charge in [-0.05, 0) is 92.9 Å². The van der Waals surface area contributed by atoms with Crippen molar-refractivity contribution in [2.45, 2.75) is 63.1 Å². The molecule has 1 aliphatic carbocycles. The number of nitrogens with zero attached hydrogens (tertiary/aromatic N) is 2. The third-order valence-corrected chi connectivity index (χ3v) is 9.78. The number of benzene rings is 3. The molecule has 0 aliphatic heterocycles. The molecule has 3 aromatic carbocycles. The number of amides is 2. The van der Waals surface area contributed by atoms with Crippen molar-refractivity contribution in [3.8, 4) is 5.75 Å². The lowest BCUT2D eigenvalue weighted by molar-refractivity contribution is -0.139. The molecule has 0 unspecified atom stereocenters. The molecule has 1 saturated carbocycles. The normalized spacial score (nSPS) is 14.3. The van der Waals surface area contributed by atoms with E-state index < -0.39 is 28.5 Å². The van der Waals surface area contributed by atoms with Gasteiger partial charge in [0, 0.05) is 22.1 Å². The van der Waals surface area contributed by atoms with Gasteiger partial charge in [0.05, 0.1) is 17.2 Å². The summed E-state index contributed by atoms with van der Waals surface area (Å²) < 4.78 is 35.2. The highest BCUT2D eigenvalue weighted by Crippen LogP contribution is 2.28. The van der Waals surface area contributed by atoms with Crippen molar-refractivity contribution in [3.63, 3.8) is 0 Å². The van der Waals surface area contributed by atoms with Crippen LogP contribution in [0.25, 0.3) is 0 Å². The Morgan fingerprint density at radius 1 is 1.05 bits per heavy atom. The molecule has 2 amide bonds. The van der Waals surface area contributed by atoms with E-state index in [4.69, 9.17) is 16.3 Å². The lowest BCUT2D eigenvalue weighted by atomic mass is 10.1. The van der Waals surface area contributed by atoms with Gasteiger partial charge in [0.1, 0.15) is 18.3 Å². The van der Waals surface area contributed by atoms with Crippen molar-refractivity contribution >= 4 is 55.1 Å². The first-order valence-corrected chi connectivity index (χ1v) is 16.5. The van der Waals surface area contributed by atoms with E-state index >= 15 is 0 Å². The lowest BCUT2D eigenvalue weighted by Gasteiger charge is -2.32. The van der Waals surface area contributed by atoms with Gasteiger partial charge in [-0.25, -0.2) is 8.42 Å². The average molecular weight is 677 g/mol. The molecule has 0 bridgehead atoms. The maximum Gasteiger partial charge on any atom is 0.264 e. The van der Waals surface area contributed by atoms with Gasteiger partial charge >= 0.3 is 0 Å². The topological polar surface area (TPSA) is 96.0 Å². The molecule has 1 N–H and O–H groups in total. The molecule has 8 nitrogen and oxygen atoms in total. The third kappa shape index (κ3) is 8.05. The maximum atomic E-state index is 14.1. The van der Waals surface area contributed by atoms with E-state index in [1.807, 2.05) is 13.0 Å². The summed E-state index contributed by atoms with van der Waals surface area (Å²) in [4.78, 5) is 28.8. The van der Waals surface area contributed by atoms with Gasteiger partial charge < -0.3 is 15.0 Å². The number of nitrogens with one attached hydrogen (secondary N) is 1. The number of rotatable bonds is 12. The Bertz CT molecular complexity index is 1480. The minimum absolute atomic E-state index is 0.0285. The van der Waals surface area contributed by atoms with Crippen LogP contribution < -0.4 is 14.4 Å². The molecule has 1 atom stereocenters. The smallest absolute Gasteiger partial charge is 0.264 e. The number of carbonyl (C=O) groups excluding carboxylic acids is 2. The minimum Gasteiger partial charge on any atom is -0.494 e. The fourth-order valence-electron chi connectivity index (χ4n) is 4.94. The Morgan fingerprint density at radius 3 is 2.33 bits per heavy atom. The monoisotopic (exact) mass is 675 g/mol. The molecule has 0 heterocycles. The molecule has 0 saturated heterocycles. The van der Waals surface area contributed by atoms with Crippen molar-refractivity contribution in [2.24, 2.45) is 0 Å². The zero-order chi connectivity index (χ0) is 30.3. The van der Waals surface area contributed by atoms with Gasteiger partial charge in [-0.3, -0.25) is 13.9 Å². The van der Waals surface area contributed by atoms with Gasteiger partial charge in [-0.15, -0.1) is 0 Å². The predicted molar refractivity (Wildman–Crippen MR) is 168 cm³/mol. The number of sulfonamides is 1. The minimum atomic E-state index is -4.17. The van der Waals surface area contributed by atoms with Gasteiger partial charge in [0.2, 0.25) is 11.8 Å². The summed E-state index contributed by atoms with van der Waals surface area (Å²) in [7, 11) is -4.17. The van der Waals surface area contributed by atoms with E-state index in [0.29, 0.717) is 23.1 Å². The van der Waals surface area contributed by atoms with E-state index in [1.165, 1.54) is 17.0 Å². The molecule has 0 spiro atoms. The number of hydrogen-bond acceptors (Lipinski definition) is 5. The zero-order valence-electron chi connectivity index (χ0n) is 23.6. The van der Waals surface area contributed by atoms with Crippen LogP contribution in [0.5, 0.6) is 5.75 Å². The number of ether oxygens (including phenoxy) is 1. The van der Waals surface area contributed by atoms with E-state index in [9.17, 15) is 18.0 Å². The first-order valence-electron chi connectivity index (χ1n) is 13.9. The fourth-order valence-corrected chi connectivity index (χ4v) is 6.84. The zero-order valence-corrected chi connectivity index (χ0v) is 26.8. The Morgan fingerprint density at radius 2 is 1.71 bits per heavy atom. The Balaban J connectivity index is 1.69. The lowest BCUT2D eigenvalue weighted by Crippen LogP contribution is -2.52. The summed E-state index contributed by atoms with van der Waals surface area (Å²) in [6.45, 7) is 3.53. The average Bonchev–Trinajstić information content (AvgIpc) is 3.48. The van der Waals surface area contributed by atoms with Crippen LogP contribution >= 0.6 is 27.5 Å². The molecule has 11 heteroatoms. The molecular formula is C31H35BrClN3O5S. The number of halogens is 2. The van der Waals surface area contributed by atoms with Gasteiger partial charge in [0.25, 0.3) is 10.0 Å². The largest absolute Gasteiger partial charge is 0.494 e. The second-order valence-corrected chi connectivity index (χ2v) is 13.4. The van der Waals surface area contributed by atoms with Crippen molar-refractivity contribution in [1.29, 1.82) is 0 Å². The van der Waals surface area contributed by atoms with Crippen molar-refractivity contribution in [1.82, 2.24) is 10.2 Å². The first kappa shape index (κ1) is 31.8. The Labute approximate surface area is 261 Å². The van der Waals surface area contributed by atoms with E-state index in [-0.39, 0.29) is 23.4 Å². The Kier molecular flexibility index (Phi) is 10.9. The standard InChI is InChI=1S/C31H35BrClN3O5S/c1-3-41-28-15-13-27(14-16-28)36(42(39,40)29-17-11-24(32)12-18-29)21-30(37)35(20-23-7-6-8-25(33)19-23)22(2)31(38)34-26-9-4-5-10-26/h6-8,11-19,22,26H,3-5,9-10,20-21H2,1-2H3,(H,34,38)/t22-/m1/s1. The summed E-state index contributed by atoms with van der Waals surface area (Å²) in [5.41, 5.74) is 1.01. The van der Waals surface area contributed by atoms with Crippen molar-refractivity contribution in [3.05, 3.63) is 87.9 Å². The van der Waals surface area contributed by atoms with E-state index in [0.717, 1.165) is 40.0 Å². The third-order valence-electron chi connectivity index (χ3n) is 7.23. The predicted octanol–water partition coefficient (Wildman–Crippen LogP) is 6.17. The number of hydrogen-bond donors (Lipinski definition) is 1. The van der Waals surface area contributed by atoms with Crippen LogP contribution in [-0.4, -0.2) is 50.4 Å². The van der Waals surface area contributed by atoms with Gasteiger partial charge in [0.15, 0.2) is 0 Å². The highest BCUT2D eigenvalue weighted by molar-refractivity contribution is 9.10. The summed E-state index contributed by atoms with van der Waals surface area (Å²) in [5, 5.41) is 3.56. The van der Waals surface area contributed by atoms with Crippen LogP contribution in [0.2, 0.25) is 5.02 Å².